The topological polar surface area (TPSA) is 63.3 Å². The Balaban J connectivity index is 2.72. The van der Waals surface area contributed by atoms with E-state index in [-0.39, 0.29) is 17.9 Å². The Kier molecular flexibility index (Phi) is 5.75. The molecule has 1 aromatic carbocycles. The quantitative estimate of drug-likeness (QED) is 0.789. The average molecular weight is 277 g/mol. The Morgan fingerprint density at radius 3 is 2.20 bits per heavy atom. The Bertz CT molecular complexity index is 437. The van der Waals surface area contributed by atoms with Crippen LogP contribution >= 0.6 is 0 Å². The molecule has 0 saturated heterocycles. The minimum Gasteiger partial charge on any atom is -0.481 e. The van der Waals surface area contributed by atoms with Crippen LogP contribution in [0.3, 0.4) is 0 Å². The molecule has 0 aliphatic heterocycles. The molecule has 3 heteroatoms. The second-order valence-electron chi connectivity index (χ2n) is 6.52. The summed E-state index contributed by atoms with van der Waals surface area (Å²) < 4.78 is 0. The van der Waals surface area contributed by atoms with Gasteiger partial charge in [-0.05, 0) is 35.3 Å². The van der Waals surface area contributed by atoms with Crippen LogP contribution in [0.2, 0.25) is 0 Å². The van der Waals surface area contributed by atoms with E-state index in [0.29, 0.717) is 12.3 Å². The van der Waals surface area contributed by atoms with Gasteiger partial charge in [-0.1, -0.05) is 52.0 Å². The van der Waals surface area contributed by atoms with Gasteiger partial charge < -0.3 is 10.8 Å². The van der Waals surface area contributed by atoms with Crippen molar-refractivity contribution in [3.05, 3.63) is 35.4 Å². The molecule has 1 rings (SSSR count). The van der Waals surface area contributed by atoms with Gasteiger partial charge in [-0.3, -0.25) is 4.79 Å². The molecule has 0 aromatic heterocycles. The number of rotatable bonds is 7. The van der Waals surface area contributed by atoms with Crippen molar-refractivity contribution >= 4 is 5.97 Å². The van der Waals surface area contributed by atoms with Crippen molar-refractivity contribution in [3.8, 4) is 0 Å². The van der Waals surface area contributed by atoms with Gasteiger partial charge in [0.2, 0.25) is 0 Å². The van der Waals surface area contributed by atoms with Gasteiger partial charge in [0.25, 0.3) is 0 Å². The normalized spacial score (nSPS) is 14.8. The summed E-state index contributed by atoms with van der Waals surface area (Å²) in [6.45, 7) is 8.30. The first-order chi connectivity index (χ1) is 9.25. The van der Waals surface area contributed by atoms with E-state index in [0.717, 1.165) is 12.0 Å². The fourth-order valence-electron chi connectivity index (χ4n) is 2.50. The molecule has 1 aromatic rings. The van der Waals surface area contributed by atoms with Crippen molar-refractivity contribution in [2.24, 2.45) is 11.1 Å². The summed E-state index contributed by atoms with van der Waals surface area (Å²) in [5, 5.41) is 8.92. The molecule has 3 nitrogen and oxygen atoms in total. The minimum absolute atomic E-state index is 0.115. The van der Waals surface area contributed by atoms with E-state index in [2.05, 4.69) is 38.1 Å². The predicted molar refractivity (Wildman–Crippen MR) is 82.7 cm³/mol. The maximum Gasteiger partial charge on any atom is 0.303 e. The third-order valence-electron chi connectivity index (χ3n) is 3.95. The summed E-state index contributed by atoms with van der Waals surface area (Å²) in [5.41, 5.74) is 8.34. The number of aliphatic carboxylic acids is 1. The van der Waals surface area contributed by atoms with Gasteiger partial charge in [0, 0.05) is 6.04 Å². The van der Waals surface area contributed by atoms with Crippen molar-refractivity contribution < 1.29 is 9.90 Å². The van der Waals surface area contributed by atoms with Crippen molar-refractivity contribution in [1.82, 2.24) is 0 Å². The molecule has 20 heavy (non-hydrogen) atoms. The molecular weight excluding hydrogens is 250 g/mol. The van der Waals surface area contributed by atoms with E-state index in [4.69, 9.17) is 10.8 Å². The zero-order valence-electron chi connectivity index (χ0n) is 13.0. The van der Waals surface area contributed by atoms with Gasteiger partial charge in [-0.25, -0.2) is 0 Å². The van der Waals surface area contributed by atoms with Gasteiger partial charge in [0.05, 0.1) is 6.42 Å². The molecule has 0 fully saturated rings. The van der Waals surface area contributed by atoms with Gasteiger partial charge in [-0.2, -0.15) is 0 Å². The molecule has 3 N–H and O–H groups in total. The average Bonchev–Trinajstić information content (AvgIpc) is 2.35. The zero-order chi connectivity index (χ0) is 15.3. The highest BCUT2D eigenvalue weighted by atomic mass is 16.4. The monoisotopic (exact) mass is 277 g/mol. The number of carboxylic acid groups (broad SMARTS) is 1. The zero-order valence-corrected chi connectivity index (χ0v) is 13.0. The summed E-state index contributed by atoms with van der Waals surface area (Å²) in [6.07, 6.45) is 1.94. The number of benzene rings is 1. The van der Waals surface area contributed by atoms with Crippen LogP contribution in [-0.4, -0.2) is 11.1 Å². The molecule has 2 atom stereocenters. The predicted octanol–water partition coefficient (Wildman–Crippen LogP) is 4.09. The van der Waals surface area contributed by atoms with Crippen LogP contribution in [-0.2, 0) is 4.79 Å². The number of carboxylic acids is 1. The van der Waals surface area contributed by atoms with Gasteiger partial charge in [0.15, 0.2) is 0 Å². The van der Waals surface area contributed by atoms with Crippen LogP contribution in [0, 0.1) is 5.41 Å². The first-order valence-electron chi connectivity index (χ1n) is 7.32. The summed E-state index contributed by atoms with van der Waals surface area (Å²) >= 11 is 0. The molecule has 2 unspecified atom stereocenters. The van der Waals surface area contributed by atoms with E-state index in [9.17, 15) is 4.79 Å². The fraction of sp³-hybridized carbons (Fsp3) is 0.588. The highest BCUT2D eigenvalue weighted by molar-refractivity contribution is 5.67. The first-order valence-corrected chi connectivity index (χ1v) is 7.32. The van der Waals surface area contributed by atoms with Crippen molar-refractivity contribution in [1.29, 1.82) is 0 Å². The van der Waals surface area contributed by atoms with Gasteiger partial charge in [0.1, 0.15) is 0 Å². The van der Waals surface area contributed by atoms with Crippen LogP contribution in [0.5, 0.6) is 0 Å². The summed E-state index contributed by atoms with van der Waals surface area (Å²) in [6, 6.07) is 8.29. The third kappa shape index (κ3) is 4.97. The molecule has 0 saturated carbocycles. The van der Waals surface area contributed by atoms with Crippen LogP contribution in [0.25, 0.3) is 0 Å². The highest BCUT2D eigenvalue weighted by Gasteiger charge is 2.25. The van der Waals surface area contributed by atoms with Gasteiger partial charge >= 0.3 is 5.97 Å². The molecule has 0 bridgehead atoms. The lowest BCUT2D eigenvalue weighted by molar-refractivity contribution is -0.139. The van der Waals surface area contributed by atoms with Crippen molar-refractivity contribution in [3.63, 3.8) is 0 Å². The Morgan fingerprint density at radius 1 is 1.25 bits per heavy atom. The summed E-state index contributed by atoms with van der Waals surface area (Å²) in [4.78, 5) is 10.8. The number of hydrogen-bond donors (Lipinski definition) is 2. The second-order valence-corrected chi connectivity index (χ2v) is 6.52. The molecule has 0 heterocycles. The van der Waals surface area contributed by atoms with Crippen molar-refractivity contribution in [2.45, 2.75) is 58.9 Å². The van der Waals surface area contributed by atoms with E-state index in [1.165, 1.54) is 5.56 Å². The summed E-state index contributed by atoms with van der Waals surface area (Å²) in [5.74, 6) is -0.210. The van der Waals surface area contributed by atoms with Crippen LogP contribution in [0.4, 0.5) is 0 Å². The van der Waals surface area contributed by atoms with E-state index >= 15 is 0 Å². The van der Waals surface area contributed by atoms with E-state index in [1.54, 1.807) is 0 Å². The molecular formula is C17H27NO2. The molecule has 0 aliphatic carbocycles. The lowest BCUT2D eigenvalue weighted by Crippen LogP contribution is -2.24. The van der Waals surface area contributed by atoms with Crippen LogP contribution in [0.15, 0.2) is 24.3 Å². The Morgan fingerprint density at radius 2 is 1.75 bits per heavy atom. The Hall–Kier alpha value is -1.35. The van der Waals surface area contributed by atoms with Crippen LogP contribution < -0.4 is 5.73 Å². The SMILES string of the molecule is CCC(C)c1ccc(C(N)CC(C)(C)CC(=O)O)cc1. The standard InChI is InChI=1S/C17H27NO2/c1-5-12(2)13-6-8-14(9-7-13)15(18)10-17(3,4)11-16(19)20/h6-9,12,15H,5,10-11,18H2,1-4H3,(H,19,20). The number of hydrogen-bond acceptors (Lipinski definition) is 2. The molecule has 0 aliphatic rings. The smallest absolute Gasteiger partial charge is 0.303 e. The maximum absolute atomic E-state index is 10.8. The molecule has 112 valence electrons. The first kappa shape index (κ1) is 16.7. The molecule has 0 radical (unpaired) electrons. The summed E-state index contributed by atoms with van der Waals surface area (Å²) in [7, 11) is 0. The largest absolute Gasteiger partial charge is 0.481 e. The maximum atomic E-state index is 10.8. The van der Waals surface area contributed by atoms with Crippen LogP contribution in [0.1, 0.15) is 70.0 Å². The lowest BCUT2D eigenvalue weighted by atomic mass is 9.81. The fourth-order valence-corrected chi connectivity index (χ4v) is 2.50. The van der Waals surface area contributed by atoms with E-state index in [1.807, 2.05) is 13.8 Å². The number of nitrogens with two attached hydrogens (primary N) is 1. The van der Waals surface area contributed by atoms with E-state index < -0.39 is 5.97 Å². The Labute approximate surface area is 122 Å². The lowest BCUT2D eigenvalue weighted by Gasteiger charge is -2.26. The molecule has 0 amide bonds. The van der Waals surface area contributed by atoms with Gasteiger partial charge in [-0.15, -0.1) is 0 Å². The molecule has 0 spiro atoms. The second kappa shape index (κ2) is 6.89. The third-order valence-corrected chi connectivity index (χ3v) is 3.95. The van der Waals surface area contributed by atoms with Crippen molar-refractivity contribution in [2.75, 3.05) is 0 Å². The number of carbonyl (C=O) groups is 1. The highest BCUT2D eigenvalue weighted by Crippen LogP contribution is 2.32. The minimum atomic E-state index is -0.769.